The fraction of sp³-hybridized carbons (Fsp3) is 0.364. The van der Waals surface area contributed by atoms with E-state index in [0.29, 0.717) is 6.42 Å². The van der Waals surface area contributed by atoms with Crippen molar-refractivity contribution in [1.82, 2.24) is 4.90 Å². The largest absolute Gasteiger partial charge is 0.497 e. The van der Waals surface area contributed by atoms with Crippen molar-refractivity contribution in [3.8, 4) is 11.5 Å². The molecule has 0 radical (unpaired) electrons. The molecule has 5 nitrogen and oxygen atoms in total. The Kier molecular flexibility index (Phi) is 5.22. The molecule has 0 spiro atoms. The van der Waals surface area contributed by atoms with E-state index in [1.807, 2.05) is 62.4 Å². The van der Waals surface area contributed by atoms with Crippen LogP contribution >= 0.6 is 0 Å². The Labute approximate surface area is 159 Å². The number of amides is 1. The highest BCUT2D eigenvalue weighted by atomic mass is 16.5. The van der Waals surface area contributed by atoms with Crippen LogP contribution in [0.15, 0.2) is 48.5 Å². The van der Waals surface area contributed by atoms with Crippen LogP contribution in [0, 0.1) is 5.41 Å². The first kappa shape index (κ1) is 19.0. The smallest absolute Gasteiger partial charge is 0.210 e. The zero-order valence-corrected chi connectivity index (χ0v) is 16.1. The molecule has 27 heavy (non-hydrogen) atoms. The van der Waals surface area contributed by atoms with Gasteiger partial charge in [0.05, 0.1) is 26.3 Å². The Morgan fingerprint density at radius 2 is 1.41 bits per heavy atom. The maximum atomic E-state index is 13.0. The van der Waals surface area contributed by atoms with Crippen LogP contribution in [0.25, 0.3) is 0 Å². The molecule has 3 rings (SSSR count). The van der Waals surface area contributed by atoms with Gasteiger partial charge in [-0.05, 0) is 35.4 Å². The lowest BCUT2D eigenvalue weighted by molar-refractivity contribution is -0.146. The lowest BCUT2D eigenvalue weighted by Crippen LogP contribution is -2.49. The second-order valence-corrected chi connectivity index (χ2v) is 7.37. The van der Waals surface area contributed by atoms with Crippen molar-refractivity contribution in [2.24, 2.45) is 5.41 Å². The van der Waals surface area contributed by atoms with E-state index in [1.165, 1.54) is 0 Å². The van der Waals surface area contributed by atoms with Gasteiger partial charge in [0.2, 0.25) is 6.41 Å². The second kappa shape index (κ2) is 7.43. The van der Waals surface area contributed by atoms with E-state index < -0.39 is 5.41 Å². The van der Waals surface area contributed by atoms with E-state index in [0.717, 1.165) is 29.0 Å². The average molecular weight is 367 g/mol. The molecule has 1 amide bonds. The molecule has 0 unspecified atom stereocenters. The van der Waals surface area contributed by atoms with Gasteiger partial charge in [0, 0.05) is 11.8 Å². The number of carbonyl (C=O) groups is 2. The zero-order chi connectivity index (χ0) is 19.6. The molecule has 0 N–H and O–H groups in total. The third-order valence-corrected chi connectivity index (χ3v) is 5.49. The van der Waals surface area contributed by atoms with E-state index in [4.69, 9.17) is 9.47 Å². The highest BCUT2D eigenvalue weighted by molar-refractivity contribution is 5.87. The van der Waals surface area contributed by atoms with Gasteiger partial charge in [-0.3, -0.25) is 9.59 Å². The van der Waals surface area contributed by atoms with Crippen LogP contribution in [0.3, 0.4) is 0 Å². The fourth-order valence-corrected chi connectivity index (χ4v) is 3.87. The normalized spacial score (nSPS) is 21.6. The summed E-state index contributed by atoms with van der Waals surface area (Å²) in [5.41, 5.74) is 1.16. The van der Waals surface area contributed by atoms with Crippen molar-refractivity contribution >= 4 is 12.2 Å². The standard InChI is InChI=1S/C22H25NO4/c1-22(2)20(25)13-19(15-5-9-17(26-3)10-6-15)23(14-24)21(22)16-7-11-18(27-4)12-8-16/h5-12,14,19,21H,13H2,1-4H3/t19-,21-/m1/s1. The van der Waals surface area contributed by atoms with Crippen LogP contribution in [-0.4, -0.2) is 31.3 Å². The summed E-state index contributed by atoms with van der Waals surface area (Å²) in [5, 5.41) is 0. The molecule has 2 atom stereocenters. The summed E-state index contributed by atoms with van der Waals surface area (Å²) >= 11 is 0. The van der Waals surface area contributed by atoms with E-state index in [-0.39, 0.29) is 17.9 Å². The molecule has 2 aromatic carbocycles. The van der Waals surface area contributed by atoms with Crippen molar-refractivity contribution in [2.75, 3.05) is 14.2 Å². The average Bonchev–Trinajstić information content (AvgIpc) is 2.69. The molecule has 1 heterocycles. The van der Waals surface area contributed by atoms with Crippen LogP contribution in [0.2, 0.25) is 0 Å². The maximum Gasteiger partial charge on any atom is 0.210 e. The van der Waals surface area contributed by atoms with Crippen molar-refractivity contribution in [2.45, 2.75) is 32.4 Å². The van der Waals surface area contributed by atoms with Crippen molar-refractivity contribution in [1.29, 1.82) is 0 Å². The lowest BCUT2D eigenvalue weighted by Gasteiger charge is -2.48. The Balaban J connectivity index is 2.04. The van der Waals surface area contributed by atoms with Gasteiger partial charge in [-0.15, -0.1) is 0 Å². The van der Waals surface area contributed by atoms with Gasteiger partial charge in [0.15, 0.2) is 0 Å². The molecule has 142 valence electrons. The summed E-state index contributed by atoms with van der Waals surface area (Å²) in [4.78, 5) is 26.9. The Hall–Kier alpha value is -2.82. The van der Waals surface area contributed by atoms with Crippen LogP contribution in [0.1, 0.15) is 43.5 Å². The highest BCUT2D eigenvalue weighted by Crippen LogP contribution is 2.49. The predicted octanol–water partition coefficient (Wildman–Crippen LogP) is 3.94. The number of rotatable bonds is 5. The van der Waals surface area contributed by atoms with Crippen LogP contribution in [-0.2, 0) is 9.59 Å². The van der Waals surface area contributed by atoms with Gasteiger partial charge in [-0.25, -0.2) is 0 Å². The zero-order valence-electron chi connectivity index (χ0n) is 16.1. The number of ketones is 1. The number of likely N-dealkylation sites (tertiary alicyclic amines) is 1. The van der Waals surface area contributed by atoms with Gasteiger partial charge in [-0.1, -0.05) is 38.1 Å². The molecule has 1 aliphatic rings. The summed E-state index contributed by atoms with van der Waals surface area (Å²) in [6, 6.07) is 14.4. The summed E-state index contributed by atoms with van der Waals surface area (Å²) in [7, 11) is 3.22. The number of piperidine rings is 1. The summed E-state index contributed by atoms with van der Waals surface area (Å²) in [5.74, 6) is 1.62. The van der Waals surface area contributed by atoms with Gasteiger partial charge in [0.25, 0.3) is 0 Å². The molecule has 0 aromatic heterocycles. The number of methoxy groups -OCH3 is 2. The number of hydrogen-bond acceptors (Lipinski definition) is 4. The van der Waals surface area contributed by atoms with Crippen molar-refractivity contribution < 1.29 is 19.1 Å². The van der Waals surface area contributed by atoms with E-state index in [1.54, 1.807) is 19.1 Å². The summed E-state index contributed by atoms with van der Waals surface area (Å²) in [6.45, 7) is 3.82. The van der Waals surface area contributed by atoms with E-state index >= 15 is 0 Å². The second-order valence-electron chi connectivity index (χ2n) is 7.37. The topological polar surface area (TPSA) is 55.8 Å². The summed E-state index contributed by atoms with van der Waals surface area (Å²) in [6.07, 6.45) is 1.16. The minimum absolute atomic E-state index is 0.141. The SMILES string of the molecule is COc1ccc([C@H]2CC(=O)C(C)(C)[C@@H](c3ccc(OC)cc3)N2C=O)cc1. The first-order valence-electron chi connectivity index (χ1n) is 8.96. The molecule has 2 aromatic rings. The molecule has 0 aliphatic carbocycles. The van der Waals surface area contributed by atoms with Crippen molar-refractivity contribution in [3.63, 3.8) is 0 Å². The minimum Gasteiger partial charge on any atom is -0.497 e. The number of ether oxygens (including phenoxy) is 2. The van der Waals surface area contributed by atoms with Gasteiger partial charge < -0.3 is 14.4 Å². The third-order valence-electron chi connectivity index (χ3n) is 5.49. The van der Waals surface area contributed by atoms with Crippen molar-refractivity contribution in [3.05, 3.63) is 59.7 Å². The number of hydrogen-bond donors (Lipinski definition) is 0. The number of carbonyl (C=O) groups excluding carboxylic acids is 2. The van der Waals surface area contributed by atoms with Crippen LogP contribution in [0.4, 0.5) is 0 Å². The minimum atomic E-state index is -0.682. The highest BCUT2D eigenvalue weighted by Gasteiger charge is 2.48. The first-order chi connectivity index (χ1) is 12.9. The molecule has 0 saturated carbocycles. The lowest BCUT2D eigenvalue weighted by atomic mass is 9.70. The third kappa shape index (κ3) is 3.42. The molecular weight excluding hydrogens is 342 g/mol. The van der Waals surface area contributed by atoms with Gasteiger partial charge in [0.1, 0.15) is 17.3 Å². The van der Waals surface area contributed by atoms with Gasteiger partial charge >= 0.3 is 0 Å². The van der Waals surface area contributed by atoms with E-state index in [2.05, 4.69) is 0 Å². The predicted molar refractivity (Wildman–Crippen MR) is 103 cm³/mol. The van der Waals surface area contributed by atoms with Gasteiger partial charge in [-0.2, -0.15) is 0 Å². The monoisotopic (exact) mass is 367 g/mol. The molecule has 0 bridgehead atoms. The number of benzene rings is 2. The molecule has 1 aliphatic heterocycles. The quantitative estimate of drug-likeness (QED) is 0.751. The molecule has 1 saturated heterocycles. The van der Waals surface area contributed by atoms with Crippen LogP contribution in [0.5, 0.6) is 11.5 Å². The maximum absolute atomic E-state index is 13.0. The number of nitrogens with zero attached hydrogens (tertiary/aromatic N) is 1. The summed E-state index contributed by atoms with van der Waals surface area (Å²) < 4.78 is 10.4. The molecule has 1 fully saturated rings. The Bertz CT molecular complexity index is 811. The van der Waals surface area contributed by atoms with Crippen LogP contribution < -0.4 is 9.47 Å². The van der Waals surface area contributed by atoms with E-state index in [9.17, 15) is 9.59 Å². The first-order valence-corrected chi connectivity index (χ1v) is 8.96. The Morgan fingerprint density at radius 3 is 1.85 bits per heavy atom. The fourth-order valence-electron chi connectivity index (χ4n) is 3.87. The Morgan fingerprint density at radius 1 is 0.926 bits per heavy atom. The molecule has 5 heteroatoms. The molecular formula is C22H25NO4. The number of Topliss-reactive ketones (excluding diaryl/α,β-unsaturated/α-hetero) is 1.